The molecule has 0 saturated carbocycles. The van der Waals surface area contributed by atoms with Gasteiger partial charge in [-0.1, -0.05) is 12.5 Å². The summed E-state index contributed by atoms with van der Waals surface area (Å²) < 4.78 is 5.86. The van der Waals surface area contributed by atoms with Gasteiger partial charge in [0.25, 0.3) is 0 Å². The molecule has 0 radical (unpaired) electrons. The normalized spacial score (nSPS) is 14.9. The molecule has 4 nitrogen and oxygen atoms in total. The summed E-state index contributed by atoms with van der Waals surface area (Å²) in [5.41, 5.74) is 0.956. The molecule has 0 spiro atoms. The van der Waals surface area contributed by atoms with E-state index in [1.165, 1.54) is 51.7 Å². The molecule has 2 aromatic heterocycles. The maximum Gasteiger partial charge on any atom is 0.217 e. The number of rotatable bonds is 8. The van der Waals surface area contributed by atoms with Gasteiger partial charge in [-0.3, -0.25) is 0 Å². The number of nitrogens with zero attached hydrogens (tertiary/aromatic N) is 3. The lowest BCUT2D eigenvalue weighted by atomic mass is 10.1. The van der Waals surface area contributed by atoms with E-state index in [1.54, 1.807) is 11.3 Å². The van der Waals surface area contributed by atoms with E-state index in [0.29, 0.717) is 5.88 Å². The van der Waals surface area contributed by atoms with E-state index in [2.05, 4.69) is 26.3 Å². The van der Waals surface area contributed by atoms with Crippen LogP contribution in [0.4, 0.5) is 0 Å². The Hall–Kier alpha value is -1.17. The van der Waals surface area contributed by atoms with E-state index < -0.39 is 0 Å². The first-order valence-electron chi connectivity index (χ1n) is 9.06. The number of piperidine rings is 1. The van der Waals surface area contributed by atoms with Crippen LogP contribution in [0.3, 0.4) is 0 Å². The molecule has 0 aliphatic carbocycles. The molecule has 3 rings (SSSR count). The van der Waals surface area contributed by atoms with Crippen molar-refractivity contribution in [3.8, 4) is 16.5 Å². The predicted octanol–water partition coefficient (Wildman–Crippen LogP) is 4.97. The molecular weight excluding hydrogens is 354 g/mol. The monoisotopic (exact) mass is 381 g/mol. The highest BCUT2D eigenvalue weighted by molar-refractivity contribution is 7.13. The molecule has 0 amide bonds. The number of aryl methyl sites for hydroxylation is 1. The van der Waals surface area contributed by atoms with Crippen molar-refractivity contribution in [1.82, 2.24) is 14.9 Å². The van der Waals surface area contributed by atoms with Gasteiger partial charge in [0, 0.05) is 6.07 Å². The van der Waals surface area contributed by atoms with Gasteiger partial charge < -0.3 is 9.64 Å². The topological polar surface area (TPSA) is 38.2 Å². The second-order valence-electron chi connectivity index (χ2n) is 6.43. The fraction of sp³-hybridized carbons (Fsp3) is 0.579. The van der Waals surface area contributed by atoms with Gasteiger partial charge in [-0.05, 0) is 70.1 Å². The number of unbranched alkanes of at least 4 members (excludes halogenated alkanes) is 2. The first-order valence-corrected chi connectivity index (χ1v) is 9.94. The van der Waals surface area contributed by atoms with Crippen LogP contribution in [0.5, 0.6) is 5.88 Å². The average Bonchev–Trinajstić information content (AvgIpc) is 3.13. The lowest BCUT2D eigenvalue weighted by molar-refractivity contribution is 0.220. The Morgan fingerprint density at radius 1 is 1.12 bits per heavy atom. The standard InChI is InChI=1S/C19H27N3OS.ClH/c1-16-20-17(18-9-8-14-24-18)15-19(21-16)23-13-7-3-6-12-22-10-4-2-5-11-22;/h8-9,14-15H,2-7,10-13H2,1H3;1H. The van der Waals surface area contributed by atoms with Crippen LogP contribution in [0.1, 0.15) is 44.3 Å². The molecule has 0 aromatic carbocycles. The lowest BCUT2D eigenvalue weighted by Gasteiger charge is -2.26. The highest BCUT2D eigenvalue weighted by atomic mass is 35.5. The summed E-state index contributed by atoms with van der Waals surface area (Å²) in [7, 11) is 0. The van der Waals surface area contributed by atoms with Crippen molar-refractivity contribution in [2.24, 2.45) is 0 Å². The average molecular weight is 382 g/mol. The van der Waals surface area contributed by atoms with Crippen LogP contribution in [0.2, 0.25) is 0 Å². The van der Waals surface area contributed by atoms with Gasteiger partial charge >= 0.3 is 0 Å². The van der Waals surface area contributed by atoms with Gasteiger partial charge in [0.2, 0.25) is 5.88 Å². The van der Waals surface area contributed by atoms with Crippen molar-refractivity contribution < 1.29 is 4.74 Å². The van der Waals surface area contributed by atoms with Crippen LogP contribution >= 0.6 is 23.7 Å². The Labute approximate surface area is 161 Å². The molecule has 2 aromatic rings. The van der Waals surface area contributed by atoms with Crippen LogP contribution in [0.25, 0.3) is 10.6 Å². The van der Waals surface area contributed by atoms with Gasteiger partial charge in [-0.25, -0.2) is 4.98 Å². The first-order chi connectivity index (χ1) is 11.8. The second-order valence-corrected chi connectivity index (χ2v) is 7.38. The summed E-state index contributed by atoms with van der Waals surface area (Å²) in [6, 6.07) is 6.07. The summed E-state index contributed by atoms with van der Waals surface area (Å²) in [5.74, 6) is 1.46. The van der Waals surface area contributed by atoms with Gasteiger partial charge in [0.15, 0.2) is 0 Å². The van der Waals surface area contributed by atoms with Gasteiger partial charge in [-0.2, -0.15) is 4.98 Å². The number of halogens is 1. The summed E-state index contributed by atoms with van der Waals surface area (Å²) >= 11 is 1.69. The van der Waals surface area contributed by atoms with E-state index in [0.717, 1.165) is 29.4 Å². The molecule has 1 saturated heterocycles. The number of likely N-dealkylation sites (tertiary alicyclic amines) is 1. The molecule has 0 N–H and O–H groups in total. The summed E-state index contributed by atoms with van der Waals surface area (Å²) in [6.45, 7) is 6.49. The summed E-state index contributed by atoms with van der Waals surface area (Å²) in [4.78, 5) is 12.7. The smallest absolute Gasteiger partial charge is 0.217 e. The number of ether oxygens (including phenoxy) is 1. The number of thiophene rings is 1. The molecule has 1 aliphatic rings. The van der Waals surface area contributed by atoms with Gasteiger partial charge in [0.05, 0.1) is 17.2 Å². The number of hydrogen-bond donors (Lipinski definition) is 0. The zero-order valence-electron chi connectivity index (χ0n) is 14.9. The van der Waals surface area contributed by atoms with Crippen LogP contribution in [-0.2, 0) is 0 Å². The fourth-order valence-corrected chi connectivity index (χ4v) is 3.82. The molecule has 0 bridgehead atoms. The minimum absolute atomic E-state index is 0. The highest BCUT2D eigenvalue weighted by Gasteiger charge is 2.09. The van der Waals surface area contributed by atoms with Crippen LogP contribution in [0.15, 0.2) is 23.6 Å². The van der Waals surface area contributed by atoms with Crippen molar-refractivity contribution in [3.05, 3.63) is 29.4 Å². The maximum atomic E-state index is 5.86. The van der Waals surface area contributed by atoms with E-state index in [1.807, 2.05) is 19.1 Å². The van der Waals surface area contributed by atoms with Gasteiger partial charge in [-0.15, -0.1) is 23.7 Å². The van der Waals surface area contributed by atoms with Crippen molar-refractivity contribution in [2.75, 3.05) is 26.2 Å². The van der Waals surface area contributed by atoms with Crippen LogP contribution in [-0.4, -0.2) is 41.1 Å². The van der Waals surface area contributed by atoms with E-state index in [4.69, 9.17) is 4.74 Å². The predicted molar refractivity (Wildman–Crippen MR) is 107 cm³/mol. The van der Waals surface area contributed by atoms with Crippen molar-refractivity contribution in [1.29, 1.82) is 0 Å². The number of hydrogen-bond acceptors (Lipinski definition) is 5. The van der Waals surface area contributed by atoms with Crippen LogP contribution < -0.4 is 4.74 Å². The highest BCUT2D eigenvalue weighted by Crippen LogP contribution is 2.25. The molecule has 1 aliphatic heterocycles. The minimum atomic E-state index is 0. The Balaban J connectivity index is 0.00000225. The summed E-state index contributed by atoms with van der Waals surface area (Å²) in [5, 5.41) is 2.07. The van der Waals surface area contributed by atoms with E-state index in [-0.39, 0.29) is 12.4 Å². The molecular formula is C19H28ClN3OS. The third-order valence-electron chi connectivity index (χ3n) is 4.41. The van der Waals surface area contributed by atoms with Gasteiger partial charge in [0.1, 0.15) is 5.82 Å². The molecule has 138 valence electrons. The molecule has 3 heterocycles. The quantitative estimate of drug-likeness (QED) is 0.605. The fourth-order valence-electron chi connectivity index (χ4n) is 3.14. The molecule has 0 atom stereocenters. The molecule has 1 fully saturated rings. The zero-order valence-corrected chi connectivity index (χ0v) is 16.6. The molecule has 6 heteroatoms. The SMILES string of the molecule is Cc1nc(OCCCCCN2CCCCC2)cc(-c2cccs2)n1.Cl. The van der Waals surface area contributed by atoms with E-state index in [9.17, 15) is 0 Å². The Kier molecular flexibility index (Phi) is 8.65. The first kappa shape index (κ1) is 20.1. The third-order valence-corrected chi connectivity index (χ3v) is 5.30. The largest absolute Gasteiger partial charge is 0.478 e. The molecule has 0 unspecified atom stereocenters. The van der Waals surface area contributed by atoms with Crippen LogP contribution in [0, 0.1) is 6.92 Å². The second kappa shape index (κ2) is 10.7. The van der Waals surface area contributed by atoms with Crippen molar-refractivity contribution >= 4 is 23.7 Å². The molecule has 25 heavy (non-hydrogen) atoms. The third kappa shape index (κ3) is 6.57. The Bertz CT molecular complexity index is 615. The minimum Gasteiger partial charge on any atom is -0.478 e. The maximum absolute atomic E-state index is 5.86. The van der Waals surface area contributed by atoms with Crippen molar-refractivity contribution in [3.63, 3.8) is 0 Å². The number of aromatic nitrogens is 2. The van der Waals surface area contributed by atoms with Crippen molar-refractivity contribution in [2.45, 2.75) is 45.4 Å². The zero-order chi connectivity index (χ0) is 16.6. The Morgan fingerprint density at radius 2 is 1.96 bits per heavy atom. The van der Waals surface area contributed by atoms with E-state index >= 15 is 0 Å². The summed E-state index contributed by atoms with van der Waals surface area (Å²) in [6.07, 6.45) is 7.75. The lowest BCUT2D eigenvalue weighted by Crippen LogP contribution is -2.30. The Morgan fingerprint density at radius 3 is 2.72 bits per heavy atom.